The summed E-state index contributed by atoms with van der Waals surface area (Å²) in [5.74, 6) is -4.86. The van der Waals surface area contributed by atoms with Gasteiger partial charge in [-0.2, -0.15) is 0 Å². The molecule has 0 atom stereocenters. The third kappa shape index (κ3) is 3.96. The van der Waals surface area contributed by atoms with Crippen LogP contribution < -0.4 is 14.8 Å². The van der Waals surface area contributed by atoms with Crippen LogP contribution >= 0.6 is 0 Å². The zero-order valence-electron chi connectivity index (χ0n) is 20.2. The first kappa shape index (κ1) is 24.0. The maximum absolute atomic E-state index is 14.2. The number of hydrogen-bond donors (Lipinski definition) is 2. The molecule has 0 radical (unpaired) electrons. The molecule has 10 heteroatoms. The molecule has 0 amide bonds. The molecule has 7 nitrogen and oxygen atoms in total. The van der Waals surface area contributed by atoms with Crippen LogP contribution in [-0.2, 0) is 0 Å². The molecular formula is C28H22F3N2O5+. The van der Waals surface area contributed by atoms with Crippen LogP contribution in [0.15, 0.2) is 59.0 Å². The number of carbonyl (C=O) groups is 2. The van der Waals surface area contributed by atoms with Gasteiger partial charge in [-0.05, 0) is 48.9 Å². The van der Waals surface area contributed by atoms with Crippen LogP contribution in [-0.4, -0.2) is 59.9 Å². The maximum Gasteiger partial charge on any atom is 0.336 e. The van der Waals surface area contributed by atoms with Crippen LogP contribution in [0.5, 0.6) is 0 Å². The van der Waals surface area contributed by atoms with E-state index in [0.29, 0.717) is 38.9 Å². The van der Waals surface area contributed by atoms with Gasteiger partial charge in [0.25, 0.3) is 5.92 Å². The minimum atomic E-state index is -2.77. The van der Waals surface area contributed by atoms with Crippen LogP contribution in [0.25, 0.3) is 33.4 Å². The summed E-state index contributed by atoms with van der Waals surface area (Å²) in [7, 11) is 0. The minimum absolute atomic E-state index is 0.0917. The quantitative estimate of drug-likeness (QED) is 0.301. The molecule has 3 heterocycles. The summed E-state index contributed by atoms with van der Waals surface area (Å²) in [5, 5.41) is 20.7. The van der Waals surface area contributed by atoms with Gasteiger partial charge in [0, 0.05) is 34.3 Å². The molecule has 2 aromatic rings. The van der Waals surface area contributed by atoms with Crippen molar-refractivity contribution in [2.75, 3.05) is 31.1 Å². The highest BCUT2D eigenvalue weighted by atomic mass is 19.3. The van der Waals surface area contributed by atoms with Crippen molar-refractivity contribution in [2.24, 2.45) is 0 Å². The summed E-state index contributed by atoms with van der Waals surface area (Å²) >= 11 is 0. The first-order chi connectivity index (χ1) is 17.9. The van der Waals surface area contributed by atoms with E-state index in [-0.39, 0.29) is 29.8 Å². The van der Waals surface area contributed by atoms with Crippen LogP contribution in [0.2, 0.25) is 0 Å². The molecule has 1 aliphatic carbocycles. The zero-order chi connectivity index (χ0) is 27.0. The highest BCUT2D eigenvalue weighted by Gasteiger charge is 2.45. The Morgan fingerprint density at radius 3 is 2.29 bits per heavy atom. The number of nitrogens with zero attached hydrogens (tertiary/aromatic N) is 2. The molecular weight excluding hydrogens is 501 g/mol. The van der Waals surface area contributed by atoms with Gasteiger partial charge in [-0.25, -0.2) is 27.3 Å². The van der Waals surface area contributed by atoms with Gasteiger partial charge in [0.1, 0.15) is 11.3 Å². The molecule has 0 bridgehead atoms. The van der Waals surface area contributed by atoms with E-state index in [1.807, 2.05) is 4.58 Å². The number of benzene rings is 3. The molecule has 3 aliphatic heterocycles. The number of alkyl halides is 3. The number of fused-ring (bicyclic) bond motifs is 2. The fourth-order valence-corrected chi connectivity index (χ4v) is 5.25. The molecule has 0 spiro atoms. The third-order valence-corrected chi connectivity index (χ3v) is 7.07. The average Bonchev–Trinajstić information content (AvgIpc) is 2.83. The van der Waals surface area contributed by atoms with Gasteiger partial charge < -0.3 is 19.5 Å². The lowest BCUT2D eigenvalue weighted by Crippen LogP contribution is -2.58. The van der Waals surface area contributed by atoms with Gasteiger partial charge in [0.05, 0.1) is 30.3 Å². The van der Waals surface area contributed by atoms with Crippen molar-refractivity contribution < 1.29 is 37.4 Å². The van der Waals surface area contributed by atoms with Crippen molar-refractivity contribution in [3.05, 3.63) is 71.1 Å². The van der Waals surface area contributed by atoms with Gasteiger partial charge in [-0.1, -0.05) is 0 Å². The second-order valence-corrected chi connectivity index (χ2v) is 10.2. The normalized spacial score (nSPS) is 20.3. The largest absolute Gasteiger partial charge is 0.478 e. The topological polar surface area (TPSA) is 94.0 Å². The lowest BCUT2D eigenvalue weighted by Gasteiger charge is -2.40. The van der Waals surface area contributed by atoms with E-state index in [1.165, 1.54) is 30.0 Å². The van der Waals surface area contributed by atoms with Gasteiger partial charge >= 0.3 is 11.9 Å². The van der Waals surface area contributed by atoms with Crippen LogP contribution in [0.4, 0.5) is 18.9 Å². The maximum atomic E-state index is 14.2. The zero-order valence-corrected chi connectivity index (χ0v) is 20.2. The van der Waals surface area contributed by atoms with Crippen molar-refractivity contribution in [3.8, 4) is 22.5 Å². The monoisotopic (exact) mass is 523 g/mol. The summed E-state index contributed by atoms with van der Waals surface area (Å²) in [4.78, 5) is 25.4. The Morgan fingerprint density at radius 1 is 0.921 bits per heavy atom. The average molecular weight is 523 g/mol. The first-order valence-electron chi connectivity index (χ1n) is 11.9. The van der Waals surface area contributed by atoms with Gasteiger partial charge in [-0.3, -0.25) is 0 Å². The fourth-order valence-electron chi connectivity index (χ4n) is 5.25. The predicted octanol–water partition coefficient (Wildman–Crippen LogP) is 4.57. The molecule has 6 rings (SSSR count). The van der Waals surface area contributed by atoms with E-state index in [0.717, 1.165) is 0 Å². The molecule has 0 unspecified atom stereocenters. The second kappa shape index (κ2) is 8.08. The highest BCUT2D eigenvalue weighted by molar-refractivity contribution is 6.09. The summed E-state index contributed by atoms with van der Waals surface area (Å²) in [6, 6.07) is 13.9. The Labute approximate surface area is 214 Å². The molecule has 2 aromatic carbocycles. The van der Waals surface area contributed by atoms with E-state index in [9.17, 15) is 33.0 Å². The lowest BCUT2D eigenvalue weighted by molar-refractivity contribution is -0.0262. The van der Waals surface area contributed by atoms with Crippen LogP contribution in [0, 0.1) is 0 Å². The molecule has 2 fully saturated rings. The Kier molecular flexibility index (Phi) is 5.11. The van der Waals surface area contributed by atoms with Crippen molar-refractivity contribution in [1.29, 1.82) is 0 Å². The minimum Gasteiger partial charge on any atom is -0.478 e. The van der Waals surface area contributed by atoms with E-state index in [2.05, 4.69) is 0 Å². The Bertz CT molecular complexity index is 1690. The number of rotatable bonds is 4. The SMILES string of the molecule is CC1(F)C[N+](=c2ccc3c(-c4cc(C(=O)O)ccc4C(=O)O)c4ccc(N5CC(F)(F)C5)cc4oc-3c2)C1. The summed E-state index contributed by atoms with van der Waals surface area (Å²) < 4.78 is 49.2. The van der Waals surface area contributed by atoms with Crippen LogP contribution in [0.1, 0.15) is 27.6 Å². The molecule has 0 aromatic heterocycles. The first-order valence-corrected chi connectivity index (χ1v) is 11.9. The summed E-state index contributed by atoms with van der Waals surface area (Å²) in [6.45, 7) is 1.07. The Balaban J connectivity index is 1.64. The smallest absolute Gasteiger partial charge is 0.336 e. The lowest BCUT2D eigenvalue weighted by atomic mass is 9.89. The summed E-state index contributed by atoms with van der Waals surface area (Å²) in [6.07, 6.45) is 0. The molecule has 4 aliphatic rings. The molecule has 2 N–H and O–H groups in total. The number of anilines is 1. The fraction of sp³-hybridized carbons (Fsp3) is 0.250. The van der Waals surface area contributed by atoms with Crippen molar-refractivity contribution in [1.82, 2.24) is 4.58 Å². The standard InChI is InChI=1S/C28H21F3N2O5/c1-27(29)11-32(12-27)16-3-6-19-22(9-16)38-23-10-17(33-13-28(30,31)14-33)4-7-20(23)24(19)21-8-15(25(34)35)2-5-18(21)26(36)37/h2-10H,11-14H2,1H3,(H-,34,35,36,37)/p+1. The van der Waals surface area contributed by atoms with E-state index in [1.54, 1.807) is 36.4 Å². The number of carboxylic acid groups (broad SMARTS) is 2. The molecule has 194 valence electrons. The molecule has 38 heavy (non-hydrogen) atoms. The van der Waals surface area contributed by atoms with E-state index in [4.69, 9.17) is 4.42 Å². The van der Waals surface area contributed by atoms with Gasteiger partial charge in [0.2, 0.25) is 11.0 Å². The Hall–Kier alpha value is -4.34. The van der Waals surface area contributed by atoms with Crippen LogP contribution in [0.3, 0.4) is 0 Å². The van der Waals surface area contributed by atoms with Crippen molar-refractivity contribution in [2.45, 2.75) is 18.5 Å². The highest BCUT2D eigenvalue weighted by Crippen LogP contribution is 2.43. The second-order valence-electron chi connectivity index (χ2n) is 10.2. The van der Waals surface area contributed by atoms with E-state index < -0.39 is 36.6 Å². The number of hydrogen-bond acceptors (Lipinski definition) is 4. The molecule has 0 saturated carbocycles. The predicted molar refractivity (Wildman–Crippen MR) is 134 cm³/mol. The Morgan fingerprint density at radius 2 is 1.66 bits per heavy atom. The van der Waals surface area contributed by atoms with Crippen molar-refractivity contribution in [3.63, 3.8) is 0 Å². The van der Waals surface area contributed by atoms with Crippen molar-refractivity contribution >= 4 is 28.6 Å². The third-order valence-electron chi connectivity index (χ3n) is 7.07. The number of carboxylic acids is 2. The van der Waals surface area contributed by atoms with E-state index >= 15 is 0 Å². The summed E-state index contributed by atoms with van der Waals surface area (Å²) in [5.41, 5.74) is 0.477. The van der Waals surface area contributed by atoms with Gasteiger partial charge in [0.15, 0.2) is 13.1 Å². The number of halogens is 3. The van der Waals surface area contributed by atoms with Gasteiger partial charge in [-0.15, -0.1) is 0 Å². The number of aromatic carboxylic acids is 2. The molecule has 2 saturated heterocycles.